The minimum absolute atomic E-state index is 0. The fraction of sp³-hybridized carbons (Fsp3) is 0.529. The van der Waals surface area contributed by atoms with Crippen LogP contribution in [0.1, 0.15) is 19.8 Å². The molecule has 1 unspecified atom stereocenters. The highest BCUT2D eigenvalue weighted by Crippen LogP contribution is 2.35. The Morgan fingerprint density at radius 1 is 1.44 bits per heavy atom. The molecular formula is C17H23BrClN3O3. The van der Waals surface area contributed by atoms with Gasteiger partial charge in [-0.1, -0.05) is 22.9 Å². The summed E-state index contributed by atoms with van der Waals surface area (Å²) in [5, 5.41) is 0. The van der Waals surface area contributed by atoms with Gasteiger partial charge in [-0.25, -0.2) is 0 Å². The molecular weight excluding hydrogens is 410 g/mol. The van der Waals surface area contributed by atoms with E-state index < -0.39 is 0 Å². The summed E-state index contributed by atoms with van der Waals surface area (Å²) in [6.45, 7) is 4.51. The van der Waals surface area contributed by atoms with Crippen LogP contribution in [0, 0.1) is 5.41 Å². The van der Waals surface area contributed by atoms with Gasteiger partial charge in [0, 0.05) is 30.5 Å². The first-order chi connectivity index (χ1) is 11.4. The number of halogens is 2. The molecule has 25 heavy (non-hydrogen) atoms. The van der Waals surface area contributed by atoms with E-state index in [0.717, 1.165) is 23.1 Å². The van der Waals surface area contributed by atoms with Gasteiger partial charge in [0.1, 0.15) is 5.75 Å². The van der Waals surface area contributed by atoms with Gasteiger partial charge in [-0.05, 0) is 36.6 Å². The third-order valence-corrected chi connectivity index (χ3v) is 5.31. The molecule has 1 fully saturated rings. The van der Waals surface area contributed by atoms with Crippen LogP contribution in [0.4, 0.5) is 5.69 Å². The van der Waals surface area contributed by atoms with Crippen molar-refractivity contribution in [2.24, 2.45) is 11.1 Å². The Morgan fingerprint density at radius 3 is 2.88 bits per heavy atom. The number of fused-ring (bicyclic) bond motifs is 1. The summed E-state index contributed by atoms with van der Waals surface area (Å²) < 4.78 is 6.36. The van der Waals surface area contributed by atoms with E-state index in [4.69, 9.17) is 10.5 Å². The fourth-order valence-electron chi connectivity index (χ4n) is 3.19. The van der Waals surface area contributed by atoms with Gasteiger partial charge in [0.15, 0.2) is 6.61 Å². The smallest absolute Gasteiger partial charge is 0.265 e. The zero-order valence-electron chi connectivity index (χ0n) is 14.2. The molecule has 2 N–H and O–H groups in total. The number of ether oxygens (including phenoxy) is 1. The monoisotopic (exact) mass is 431 g/mol. The quantitative estimate of drug-likeness (QED) is 0.791. The van der Waals surface area contributed by atoms with E-state index in [2.05, 4.69) is 22.9 Å². The molecule has 2 amide bonds. The molecule has 0 bridgehead atoms. The number of anilines is 1. The molecule has 2 aliphatic rings. The van der Waals surface area contributed by atoms with Crippen LogP contribution in [0.5, 0.6) is 5.75 Å². The van der Waals surface area contributed by atoms with Crippen molar-refractivity contribution < 1.29 is 14.3 Å². The van der Waals surface area contributed by atoms with Crippen LogP contribution >= 0.6 is 28.3 Å². The van der Waals surface area contributed by atoms with Crippen LogP contribution in [0.2, 0.25) is 0 Å². The summed E-state index contributed by atoms with van der Waals surface area (Å²) in [6.07, 6.45) is 1.24. The molecule has 1 saturated heterocycles. The average molecular weight is 433 g/mol. The van der Waals surface area contributed by atoms with E-state index in [1.54, 1.807) is 4.90 Å². The minimum atomic E-state index is -0.120. The Hall–Kier alpha value is -1.31. The van der Waals surface area contributed by atoms with E-state index in [1.807, 2.05) is 23.1 Å². The van der Waals surface area contributed by atoms with Gasteiger partial charge >= 0.3 is 0 Å². The highest BCUT2D eigenvalue weighted by Gasteiger charge is 2.35. The molecule has 138 valence electrons. The van der Waals surface area contributed by atoms with Crippen LogP contribution in [0.15, 0.2) is 22.7 Å². The van der Waals surface area contributed by atoms with Crippen molar-refractivity contribution in [2.45, 2.75) is 19.8 Å². The van der Waals surface area contributed by atoms with Crippen molar-refractivity contribution >= 4 is 45.8 Å². The zero-order chi connectivity index (χ0) is 17.3. The number of carbonyl (C=O) groups is 2. The number of nitrogens with zero attached hydrogens (tertiary/aromatic N) is 2. The summed E-state index contributed by atoms with van der Waals surface area (Å²) in [4.78, 5) is 28.1. The van der Waals surface area contributed by atoms with Crippen LogP contribution in [-0.4, -0.2) is 49.5 Å². The predicted octanol–water partition coefficient (Wildman–Crippen LogP) is 2.18. The largest absolute Gasteiger partial charge is 0.482 e. The van der Waals surface area contributed by atoms with Crippen LogP contribution in [0.3, 0.4) is 0 Å². The van der Waals surface area contributed by atoms with E-state index >= 15 is 0 Å². The first-order valence-corrected chi connectivity index (χ1v) is 8.92. The topological polar surface area (TPSA) is 75.9 Å². The van der Waals surface area contributed by atoms with Crippen molar-refractivity contribution in [2.75, 3.05) is 37.7 Å². The maximum Gasteiger partial charge on any atom is 0.265 e. The van der Waals surface area contributed by atoms with E-state index in [0.29, 0.717) is 31.8 Å². The molecule has 6 nitrogen and oxygen atoms in total. The number of carbonyl (C=O) groups excluding carboxylic acids is 2. The van der Waals surface area contributed by atoms with Gasteiger partial charge in [-0.2, -0.15) is 0 Å². The predicted molar refractivity (Wildman–Crippen MR) is 102 cm³/mol. The number of nitrogens with two attached hydrogens (primary N) is 1. The van der Waals surface area contributed by atoms with Gasteiger partial charge < -0.3 is 20.3 Å². The molecule has 0 saturated carbocycles. The van der Waals surface area contributed by atoms with Crippen LogP contribution < -0.4 is 15.4 Å². The molecule has 1 aromatic rings. The summed E-state index contributed by atoms with van der Waals surface area (Å²) in [7, 11) is 0. The molecule has 0 radical (unpaired) electrons. The molecule has 2 aliphatic heterocycles. The van der Waals surface area contributed by atoms with E-state index in [-0.39, 0.29) is 36.2 Å². The lowest BCUT2D eigenvalue weighted by molar-refractivity contribution is -0.130. The first kappa shape index (κ1) is 20.0. The van der Waals surface area contributed by atoms with Crippen molar-refractivity contribution in [3.8, 4) is 5.75 Å². The number of hydrogen-bond donors (Lipinski definition) is 1. The third-order valence-electron chi connectivity index (χ3n) is 4.82. The van der Waals surface area contributed by atoms with Gasteiger partial charge in [0.05, 0.1) is 5.69 Å². The van der Waals surface area contributed by atoms with Crippen molar-refractivity contribution in [1.29, 1.82) is 0 Å². The summed E-state index contributed by atoms with van der Waals surface area (Å²) in [6, 6.07) is 5.54. The lowest BCUT2D eigenvalue weighted by Crippen LogP contribution is -2.42. The van der Waals surface area contributed by atoms with Gasteiger partial charge in [0.25, 0.3) is 5.91 Å². The SMILES string of the molecule is CC1(CN)CCN(C(=O)CCN2C(=O)COc3cc(Br)ccc32)C1.Cl. The summed E-state index contributed by atoms with van der Waals surface area (Å²) in [5.41, 5.74) is 6.53. The number of hydrogen-bond acceptors (Lipinski definition) is 4. The normalized spacial score (nSPS) is 22.3. The van der Waals surface area contributed by atoms with Gasteiger partial charge in [-0.15, -0.1) is 12.4 Å². The molecule has 0 aliphatic carbocycles. The number of likely N-dealkylation sites (tertiary alicyclic amines) is 1. The number of amides is 2. The molecule has 8 heteroatoms. The molecule has 1 atom stereocenters. The van der Waals surface area contributed by atoms with Crippen LogP contribution in [-0.2, 0) is 9.59 Å². The van der Waals surface area contributed by atoms with Crippen molar-refractivity contribution in [3.63, 3.8) is 0 Å². The first-order valence-electron chi connectivity index (χ1n) is 8.12. The fourth-order valence-corrected chi connectivity index (χ4v) is 3.53. The third kappa shape index (κ3) is 4.27. The standard InChI is InChI=1S/C17H22BrN3O3.ClH/c1-17(10-19)5-7-20(11-17)15(22)4-6-21-13-3-2-12(18)8-14(13)24-9-16(21)23;/h2-3,8H,4-7,9-11,19H2,1H3;1H. The second kappa shape index (κ2) is 7.93. The Balaban J connectivity index is 0.00000225. The maximum absolute atomic E-state index is 12.5. The Bertz CT molecular complexity index is 673. The number of rotatable bonds is 4. The molecule has 1 aromatic carbocycles. The van der Waals surface area contributed by atoms with Crippen molar-refractivity contribution in [3.05, 3.63) is 22.7 Å². The van der Waals surface area contributed by atoms with Gasteiger partial charge in [0.2, 0.25) is 5.91 Å². The Kier molecular flexibility index (Phi) is 6.35. The van der Waals surface area contributed by atoms with Crippen LogP contribution in [0.25, 0.3) is 0 Å². The highest BCUT2D eigenvalue weighted by molar-refractivity contribution is 9.10. The second-order valence-corrected chi connectivity index (χ2v) is 7.69. The Labute approximate surface area is 162 Å². The Morgan fingerprint density at radius 2 is 2.20 bits per heavy atom. The molecule has 2 heterocycles. The molecule has 0 spiro atoms. The molecule has 3 rings (SSSR count). The van der Waals surface area contributed by atoms with E-state index in [1.165, 1.54) is 0 Å². The van der Waals surface area contributed by atoms with Gasteiger partial charge in [-0.3, -0.25) is 9.59 Å². The summed E-state index contributed by atoms with van der Waals surface area (Å²) >= 11 is 3.40. The highest BCUT2D eigenvalue weighted by atomic mass is 79.9. The van der Waals surface area contributed by atoms with E-state index in [9.17, 15) is 9.59 Å². The molecule has 0 aromatic heterocycles. The zero-order valence-corrected chi connectivity index (χ0v) is 16.6. The lowest BCUT2D eigenvalue weighted by atomic mass is 9.90. The summed E-state index contributed by atoms with van der Waals surface area (Å²) in [5.74, 6) is 0.615. The maximum atomic E-state index is 12.5. The lowest BCUT2D eigenvalue weighted by Gasteiger charge is -2.30. The average Bonchev–Trinajstić information content (AvgIpc) is 2.97. The van der Waals surface area contributed by atoms with Crippen molar-refractivity contribution in [1.82, 2.24) is 4.90 Å². The number of benzene rings is 1. The second-order valence-electron chi connectivity index (χ2n) is 6.78. The minimum Gasteiger partial charge on any atom is -0.482 e.